The lowest BCUT2D eigenvalue weighted by Gasteiger charge is -2.28. The summed E-state index contributed by atoms with van der Waals surface area (Å²) in [5.41, 5.74) is 0. The molecule has 0 spiro atoms. The van der Waals surface area contributed by atoms with Crippen LogP contribution in [0.1, 0.15) is 246 Å². The maximum atomic E-state index is 12.9. The average molecular weight is 836 g/mol. The van der Waals surface area contributed by atoms with Gasteiger partial charge >= 0.3 is 17.9 Å². The van der Waals surface area contributed by atoms with Gasteiger partial charge in [-0.3, -0.25) is 9.59 Å². The predicted octanol–water partition coefficient (Wildman–Crippen LogP) is 13.9. The second-order valence-corrected chi connectivity index (χ2v) is 18.3. The Morgan fingerprint density at radius 3 is 1.22 bits per heavy atom. The molecule has 0 radical (unpaired) electrons. The SMILES string of the molecule is CCCCCC(CCCCC)CC(=O)OCCCCCCCCC(CCCCCCCCOC(=O)CC(CCCCC)CCCCC)OC(=O)COC1CCN(C)CC1. The van der Waals surface area contributed by atoms with Crippen LogP contribution in [0.25, 0.3) is 0 Å². The van der Waals surface area contributed by atoms with Gasteiger partial charge in [-0.25, -0.2) is 4.79 Å². The molecule has 0 N–H and O–H groups in total. The van der Waals surface area contributed by atoms with Crippen molar-refractivity contribution in [1.29, 1.82) is 0 Å². The molecule has 0 aliphatic carbocycles. The van der Waals surface area contributed by atoms with E-state index in [9.17, 15) is 14.4 Å². The maximum Gasteiger partial charge on any atom is 0.332 e. The van der Waals surface area contributed by atoms with Crippen molar-refractivity contribution in [3.63, 3.8) is 0 Å². The molecule has 0 saturated carbocycles. The van der Waals surface area contributed by atoms with Gasteiger partial charge < -0.3 is 23.8 Å². The molecule has 0 amide bonds. The Balaban J connectivity index is 2.32. The number of rotatable bonds is 42. The van der Waals surface area contributed by atoms with Crippen LogP contribution in [-0.2, 0) is 33.3 Å². The largest absolute Gasteiger partial charge is 0.466 e. The van der Waals surface area contributed by atoms with Crippen LogP contribution in [-0.4, -0.2) is 75.0 Å². The van der Waals surface area contributed by atoms with Crippen LogP contribution in [0.4, 0.5) is 0 Å². The molecule has 0 aromatic rings. The van der Waals surface area contributed by atoms with E-state index in [1.54, 1.807) is 0 Å². The first kappa shape index (κ1) is 55.3. The van der Waals surface area contributed by atoms with Crippen LogP contribution in [0.5, 0.6) is 0 Å². The average Bonchev–Trinajstić information content (AvgIpc) is 3.22. The Bertz CT molecular complexity index is 892. The second-order valence-electron chi connectivity index (χ2n) is 18.3. The molecule has 0 aromatic heterocycles. The lowest BCUT2D eigenvalue weighted by molar-refractivity contribution is -0.158. The van der Waals surface area contributed by atoms with Crippen LogP contribution < -0.4 is 0 Å². The summed E-state index contributed by atoms with van der Waals surface area (Å²) in [4.78, 5) is 40.3. The van der Waals surface area contributed by atoms with Crippen molar-refractivity contribution in [1.82, 2.24) is 4.90 Å². The minimum absolute atomic E-state index is 0.00676. The highest BCUT2D eigenvalue weighted by molar-refractivity contribution is 5.71. The monoisotopic (exact) mass is 836 g/mol. The molecule has 0 aromatic carbocycles. The van der Waals surface area contributed by atoms with E-state index in [4.69, 9.17) is 18.9 Å². The van der Waals surface area contributed by atoms with Crippen LogP contribution in [0.2, 0.25) is 0 Å². The topological polar surface area (TPSA) is 91.4 Å². The van der Waals surface area contributed by atoms with E-state index in [-0.39, 0.29) is 36.7 Å². The van der Waals surface area contributed by atoms with Gasteiger partial charge in [0.15, 0.2) is 0 Å². The van der Waals surface area contributed by atoms with Gasteiger partial charge in [-0.2, -0.15) is 0 Å². The lowest BCUT2D eigenvalue weighted by atomic mass is 9.92. The van der Waals surface area contributed by atoms with Crippen molar-refractivity contribution in [2.75, 3.05) is 40.0 Å². The molecule has 0 bridgehead atoms. The molecule has 0 atom stereocenters. The van der Waals surface area contributed by atoms with Gasteiger partial charge in [0.2, 0.25) is 0 Å². The van der Waals surface area contributed by atoms with E-state index in [0.717, 1.165) is 142 Å². The number of carbonyl (C=O) groups is 3. The van der Waals surface area contributed by atoms with Crippen molar-refractivity contribution in [2.24, 2.45) is 11.8 Å². The maximum absolute atomic E-state index is 12.9. The first-order chi connectivity index (χ1) is 28.8. The van der Waals surface area contributed by atoms with Gasteiger partial charge in [0.05, 0.1) is 19.3 Å². The summed E-state index contributed by atoms with van der Waals surface area (Å²) >= 11 is 0. The van der Waals surface area contributed by atoms with Gasteiger partial charge in [-0.05, 0) is 95.9 Å². The highest BCUT2D eigenvalue weighted by Gasteiger charge is 2.21. The first-order valence-electron chi connectivity index (χ1n) is 25.6. The van der Waals surface area contributed by atoms with Crippen LogP contribution >= 0.6 is 0 Å². The van der Waals surface area contributed by atoms with Crippen molar-refractivity contribution < 1.29 is 33.3 Å². The third-order valence-corrected chi connectivity index (χ3v) is 12.5. The van der Waals surface area contributed by atoms with Gasteiger partial charge in [0.25, 0.3) is 0 Å². The number of hydrogen-bond donors (Lipinski definition) is 0. The quantitative estimate of drug-likeness (QED) is 0.0341. The van der Waals surface area contributed by atoms with Crippen molar-refractivity contribution >= 4 is 17.9 Å². The molecule has 1 heterocycles. The van der Waals surface area contributed by atoms with E-state index in [2.05, 4.69) is 39.6 Å². The Morgan fingerprint density at radius 1 is 0.475 bits per heavy atom. The van der Waals surface area contributed by atoms with E-state index in [1.807, 2.05) is 0 Å². The smallest absolute Gasteiger partial charge is 0.332 e. The van der Waals surface area contributed by atoms with Crippen molar-refractivity contribution in [3.05, 3.63) is 0 Å². The molecule has 1 aliphatic heterocycles. The number of likely N-dealkylation sites (tertiary alicyclic amines) is 1. The Kier molecular flexibility index (Phi) is 37.9. The predicted molar refractivity (Wildman–Crippen MR) is 246 cm³/mol. The summed E-state index contributed by atoms with van der Waals surface area (Å²) in [6, 6.07) is 0. The number of unbranched alkanes of at least 4 members (excludes halogenated alkanes) is 18. The van der Waals surface area contributed by atoms with Gasteiger partial charge in [-0.1, -0.05) is 156 Å². The van der Waals surface area contributed by atoms with Crippen LogP contribution in [0, 0.1) is 11.8 Å². The van der Waals surface area contributed by atoms with Crippen LogP contribution in [0.3, 0.4) is 0 Å². The minimum atomic E-state index is -0.223. The summed E-state index contributed by atoms with van der Waals surface area (Å²) in [5.74, 6) is 0.723. The molecule has 8 nitrogen and oxygen atoms in total. The summed E-state index contributed by atoms with van der Waals surface area (Å²) in [6.07, 6.45) is 37.3. The van der Waals surface area contributed by atoms with Gasteiger partial charge in [0.1, 0.15) is 12.7 Å². The lowest BCUT2D eigenvalue weighted by Crippen LogP contribution is -2.35. The third kappa shape index (κ3) is 34.6. The molecule has 1 rings (SSSR count). The standard InChI is InChI=1S/C51H97NO7/c1-6-10-22-30-45(31-23-11-7-2)42-49(53)56-40-28-20-16-14-18-26-34-48(59-51(55)44-58-47-36-38-52(5)39-37-47)35-27-19-15-17-21-29-41-57-50(54)43-46(32-24-12-8-3)33-25-13-9-4/h45-48H,6-44H2,1-5H3. The number of piperidine rings is 1. The van der Waals surface area contributed by atoms with E-state index in [0.29, 0.717) is 37.9 Å². The number of nitrogens with zero attached hydrogens (tertiary/aromatic N) is 1. The van der Waals surface area contributed by atoms with E-state index in [1.165, 1.54) is 77.0 Å². The normalized spacial score (nSPS) is 13.8. The fourth-order valence-electron chi connectivity index (χ4n) is 8.57. The minimum Gasteiger partial charge on any atom is -0.466 e. The van der Waals surface area contributed by atoms with Crippen LogP contribution in [0.15, 0.2) is 0 Å². The Morgan fingerprint density at radius 2 is 0.831 bits per heavy atom. The van der Waals surface area contributed by atoms with E-state index < -0.39 is 0 Å². The Hall–Kier alpha value is -1.67. The molecular weight excluding hydrogens is 739 g/mol. The molecule has 1 aliphatic rings. The zero-order valence-electron chi connectivity index (χ0n) is 39.7. The number of hydrogen-bond acceptors (Lipinski definition) is 8. The highest BCUT2D eigenvalue weighted by Crippen LogP contribution is 2.24. The van der Waals surface area contributed by atoms with Gasteiger partial charge in [0, 0.05) is 25.9 Å². The second kappa shape index (κ2) is 40.4. The zero-order chi connectivity index (χ0) is 43.0. The first-order valence-corrected chi connectivity index (χ1v) is 25.6. The number of carbonyl (C=O) groups excluding carboxylic acids is 3. The zero-order valence-corrected chi connectivity index (χ0v) is 39.7. The molecule has 1 saturated heterocycles. The number of ether oxygens (including phenoxy) is 4. The van der Waals surface area contributed by atoms with Crippen molar-refractivity contribution in [3.8, 4) is 0 Å². The fourth-order valence-corrected chi connectivity index (χ4v) is 8.57. The molecule has 8 heteroatoms. The molecular formula is C51H97NO7. The summed E-state index contributed by atoms with van der Waals surface area (Å²) in [6.45, 7) is 12.1. The fraction of sp³-hybridized carbons (Fsp3) is 0.941. The van der Waals surface area contributed by atoms with Gasteiger partial charge in [-0.15, -0.1) is 0 Å². The van der Waals surface area contributed by atoms with Crippen molar-refractivity contribution in [2.45, 2.75) is 258 Å². The summed E-state index contributed by atoms with van der Waals surface area (Å²) in [5, 5.41) is 0. The highest BCUT2D eigenvalue weighted by atomic mass is 16.6. The molecule has 1 fully saturated rings. The van der Waals surface area contributed by atoms with E-state index >= 15 is 0 Å². The molecule has 0 unspecified atom stereocenters. The number of esters is 3. The Labute approximate surface area is 365 Å². The summed E-state index contributed by atoms with van der Waals surface area (Å²) in [7, 11) is 2.13. The molecule has 59 heavy (non-hydrogen) atoms. The summed E-state index contributed by atoms with van der Waals surface area (Å²) < 4.78 is 23.3. The molecule has 348 valence electrons. The third-order valence-electron chi connectivity index (χ3n) is 12.5.